The van der Waals surface area contributed by atoms with Crippen LogP contribution in [-0.2, 0) is 23.2 Å². The highest BCUT2D eigenvalue weighted by Crippen LogP contribution is 2.49. The maximum atomic E-state index is 13.6. The van der Waals surface area contributed by atoms with E-state index in [9.17, 15) is 9.59 Å². The highest BCUT2D eigenvalue weighted by Gasteiger charge is 2.44. The summed E-state index contributed by atoms with van der Waals surface area (Å²) in [6, 6.07) is 8.39. The average molecular weight is 366 g/mol. The smallest absolute Gasteiger partial charge is 0.258 e. The van der Waals surface area contributed by atoms with Gasteiger partial charge >= 0.3 is 0 Å². The Morgan fingerprint density at radius 3 is 2.77 bits per heavy atom. The highest BCUT2D eigenvalue weighted by atomic mass is 32.2. The van der Waals surface area contributed by atoms with Gasteiger partial charge in [-0.15, -0.1) is 0 Å². The summed E-state index contributed by atoms with van der Waals surface area (Å²) in [5.74, 6) is 0.116. The quantitative estimate of drug-likeness (QED) is 0.722. The molecule has 4 nitrogen and oxygen atoms in total. The zero-order valence-corrected chi connectivity index (χ0v) is 15.8. The molecule has 1 fully saturated rings. The Morgan fingerprint density at radius 2 is 2.00 bits per heavy atom. The molecule has 1 atom stereocenters. The van der Waals surface area contributed by atoms with E-state index in [1.165, 1.54) is 36.6 Å². The highest BCUT2D eigenvalue weighted by molar-refractivity contribution is 8.00. The van der Waals surface area contributed by atoms with E-state index >= 15 is 0 Å². The van der Waals surface area contributed by atoms with Gasteiger partial charge in [-0.3, -0.25) is 14.2 Å². The van der Waals surface area contributed by atoms with E-state index in [0.717, 1.165) is 36.1 Å². The van der Waals surface area contributed by atoms with Crippen molar-refractivity contribution in [2.75, 3.05) is 0 Å². The first kappa shape index (κ1) is 16.3. The molecule has 1 aromatic heterocycles. The van der Waals surface area contributed by atoms with Crippen molar-refractivity contribution < 1.29 is 4.79 Å². The van der Waals surface area contributed by atoms with Crippen molar-refractivity contribution in [3.8, 4) is 11.3 Å². The summed E-state index contributed by atoms with van der Waals surface area (Å²) >= 11 is 1.44. The number of benzene rings is 1. The van der Waals surface area contributed by atoms with Crippen molar-refractivity contribution in [2.24, 2.45) is 0 Å². The summed E-state index contributed by atoms with van der Waals surface area (Å²) in [6.07, 6.45) is 6.67. The van der Waals surface area contributed by atoms with Crippen LogP contribution in [0.2, 0.25) is 0 Å². The zero-order valence-electron chi connectivity index (χ0n) is 15.0. The molecule has 134 valence electrons. The first-order valence-electron chi connectivity index (χ1n) is 9.50. The molecule has 0 radical (unpaired) electrons. The molecule has 2 aliphatic carbocycles. The minimum atomic E-state index is -0.184. The molecule has 2 aromatic rings. The van der Waals surface area contributed by atoms with Gasteiger partial charge in [-0.2, -0.15) is 0 Å². The number of carbonyl (C=O) groups excluding carboxylic acids is 1. The molecule has 3 aliphatic rings. The summed E-state index contributed by atoms with van der Waals surface area (Å²) < 4.78 is 1.76. The minimum absolute atomic E-state index is 0.0764. The number of hydrogen-bond donors (Lipinski definition) is 0. The molecule has 1 spiro atoms. The van der Waals surface area contributed by atoms with Crippen LogP contribution >= 0.6 is 11.8 Å². The van der Waals surface area contributed by atoms with Crippen LogP contribution in [0.25, 0.3) is 11.3 Å². The number of fused-ring (bicyclic) bond motifs is 5. The number of nitrogens with zero attached hydrogens (tertiary/aromatic N) is 2. The summed E-state index contributed by atoms with van der Waals surface area (Å²) in [4.78, 5) is 30.4. The molecule has 1 aromatic carbocycles. The SMILES string of the molecule is CC(=O)C1Cn2c(nc3c(c2=O)C2(CCCCC2)Cc2ccccc2-3)S1. The molecule has 2 heterocycles. The van der Waals surface area contributed by atoms with E-state index in [2.05, 4.69) is 18.2 Å². The molecule has 1 unspecified atom stereocenters. The lowest BCUT2D eigenvalue weighted by Crippen LogP contribution is -2.42. The Balaban J connectivity index is 1.77. The van der Waals surface area contributed by atoms with E-state index in [0.29, 0.717) is 11.7 Å². The van der Waals surface area contributed by atoms with Crippen LogP contribution in [0.1, 0.15) is 50.2 Å². The van der Waals surface area contributed by atoms with Gasteiger partial charge in [0.15, 0.2) is 5.16 Å². The van der Waals surface area contributed by atoms with Gasteiger partial charge in [0.1, 0.15) is 5.78 Å². The van der Waals surface area contributed by atoms with Crippen LogP contribution in [0.5, 0.6) is 0 Å². The second kappa shape index (κ2) is 5.81. The number of carbonyl (C=O) groups is 1. The van der Waals surface area contributed by atoms with Gasteiger partial charge in [-0.25, -0.2) is 4.98 Å². The summed E-state index contributed by atoms with van der Waals surface area (Å²) in [7, 11) is 0. The summed E-state index contributed by atoms with van der Waals surface area (Å²) in [5, 5.41) is 0.521. The molecular formula is C21H22N2O2S. The number of thioether (sulfide) groups is 1. The molecule has 0 N–H and O–H groups in total. The van der Waals surface area contributed by atoms with E-state index in [4.69, 9.17) is 4.98 Å². The van der Waals surface area contributed by atoms with E-state index in [-0.39, 0.29) is 22.0 Å². The van der Waals surface area contributed by atoms with E-state index < -0.39 is 0 Å². The Kier molecular flexibility index (Phi) is 3.64. The van der Waals surface area contributed by atoms with Crippen LogP contribution in [0.3, 0.4) is 0 Å². The first-order chi connectivity index (χ1) is 12.6. The second-order valence-corrected chi connectivity index (χ2v) is 9.10. The third-order valence-corrected chi connectivity index (χ3v) is 7.61. The molecule has 1 saturated carbocycles. The lowest BCUT2D eigenvalue weighted by molar-refractivity contribution is -0.116. The molecule has 1 aliphatic heterocycles. The van der Waals surface area contributed by atoms with Gasteiger partial charge in [0, 0.05) is 17.5 Å². The Labute approximate surface area is 157 Å². The fourth-order valence-corrected chi connectivity index (χ4v) is 6.09. The maximum absolute atomic E-state index is 13.6. The zero-order chi connectivity index (χ0) is 17.9. The number of ketones is 1. The lowest BCUT2D eigenvalue weighted by atomic mass is 9.62. The number of Topliss-reactive ketones (excluding diaryl/α,β-unsaturated/α-hetero) is 1. The van der Waals surface area contributed by atoms with Crippen molar-refractivity contribution >= 4 is 17.5 Å². The van der Waals surface area contributed by atoms with Crippen molar-refractivity contribution in [3.05, 3.63) is 45.7 Å². The largest absolute Gasteiger partial charge is 0.299 e. The van der Waals surface area contributed by atoms with Gasteiger partial charge in [-0.1, -0.05) is 55.3 Å². The number of rotatable bonds is 1. The van der Waals surface area contributed by atoms with Gasteiger partial charge < -0.3 is 0 Å². The first-order valence-corrected chi connectivity index (χ1v) is 10.4. The lowest BCUT2D eigenvalue weighted by Gasteiger charge is -2.41. The van der Waals surface area contributed by atoms with Crippen molar-refractivity contribution in [1.29, 1.82) is 0 Å². The molecule has 0 amide bonds. The van der Waals surface area contributed by atoms with Crippen LogP contribution in [0.15, 0.2) is 34.2 Å². The molecule has 0 saturated heterocycles. The molecular weight excluding hydrogens is 344 g/mol. The monoisotopic (exact) mass is 366 g/mol. The number of aromatic nitrogens is 2. The Morgan fingerprint density at radius 1 is 1.23 bits per heavy atom. The van der Waals surface area contributed by atoms with Crippen LogP contribution in [-0.4, -0.2) is 20.6 Å². The topological polar surface area (TPSA) is 52.0 Å². The molecule has 5 rings (SSSR count). The predicted octanol–water partition coefficient (Wildman–Crippen LogP) is 3.73. The van der Waals surface area contributed by atoms with Crippen molar-refractivity contribution in [3.63, 3.8) is 0 Å². The van der Waals surface area contributed by atoms with E-state index in [1.54, 1.807) is 11.5 Å². The van der Waals surface area contributed by atoms with Gasteiger partial charge in [0.05, 0.1) is 16.5 Å². The van der Waals surface area contributed by atoms with Crippen molar-refractivity contribution in [1.82, 2.24) is 9.55 Å². The second-order valence-electron chi connectivity index (χ2n) is 7.93. The van der Waals surface area contributed by atoms with Crippen LogP contribution in [0, 0.1) is 0 Å². The van der Waals surface area contributed by atoms with Crippen LogP contribution in [0.4, 0.5) is 0 Å². The van der Waals surface area contributed by atoms with Crippen molar-refractivity contribution in [2.45, 2.75) is 67.8 Å². The Bertz CT molecular complexity index is 972. The standard InChI is InChI=1S/C21H22N2O2S/c1-13(24)16-12-23-19(25)17-18(22-20(23)26-16)15-8-4-3-7-14(15)11-21(17)9-5-2-6-10-21/h3-4,7-8,16H,2,5-6,9-12H2,1H3. The summed E-state index contributed by atoms with van der Waals surface area (Å²) in [6.45, 7) is 2.07. The van der Waals surface area contributed by atoms with Gasteiger partial charge in [0.2, 0.25) is 0 Å². The summed E-state index contributed by atoms with van der Waals surface area (Å²) in [5.41, 5.74) is 4.23. The molecule has 26 heavy (non-hydrogen) atoms. The van der Waals surface area contributed by atoms with Crippen LogP contribution < -0.4 is 5.56 Å². The third-order valence-electron chi connectivity index (χ3n) is 6.33. The van der Waals surface area contributed by atoms with Gasteiger partial charge in [-0.05, 0) is 31.7 Å². The predicted molar refractivity (Wildman–Crippen MR) is 103 cm³/mol. The molecule has 0 bridgehead atoms. The average Bonchev–Trinajstić information content (AvgIpc) is 3.07. The third kappa shape index (κ3) is 2.26. The Hall–Kier alpha value is -1.88. The maximum Gasteiger partial charge on any atom is 0.258 e. The fraction of sp³-hybridized carbons (Fsp3) is 0.476. The minimum Gasteiger partial charge on any atom is -0.299 e. The number of hydrogen-bond acceptors (Lipinski definition) is 4. The fourth-order valence-electron chi connectivity index (χ4n) is 5.01. The molecule has 5 heteroatoms. The van der Waals surface area contributed by atoms with E-state index in [1.807, 2.05) is 6.07 Å². The normalized spacial score (nSPS) is 22.6. The van der Waals surface area contributed by atoms with Gasteiger partial charge in [0.25, 0.3) is 5.56 Å².